The number of pyridine rings is 1. The molecule has 9 nitrogen and oxygen atoms in total. The molecule has 0 spiro atoms. The Morgan fingerprint density at radius 2 is 1.49 bits per heavy atom. The lowest BCUT2D eigenvalue weighted by Crippen LogP contribution is -2.14. The topological polar surface area (TPSA) is 127 Å². The second-order valence-corrected chi connectivity index (χ2v) is 10.8. The summed E-state index contributed by atoms with van der Waals surface area (Å²) in [7, 11) is -3.50. The molecule has 6 rings (SSSR count). The maximum atomic E-state index is 12.6. The summed E-state index contributed by atoms with van der Waals surface area (Å²) in [6.45, 7) is 0. The van der Waals surface area contributed by atoms with Crippen LogP contribution in [0.15, 0.2) is 108 Å². The molecule has 0 unspecified atom stereocenters. The van der Waals surface area contributed by atoms with Crippen LogP contribution in [-0.4, -0.2) is 45.3 Å². The Labute approximate surface area is 223 Å². The normalized spacial score (nSPS) is 11.6. The van der Waals surface area contributed by atoms with Gasteiger partial charge in [0.1, 0.15) is 16.9 Å². The molecule has 0 fully saturated rings. The third kappa shape index (κ3) is 4.69. The molecule has 4 aromatic carbocycles. The quantitative estimate of drug-likeness (QED) is 0.286. The molecule has 0 amide bonds. The highest BCUT2D eigenvalue weighted by Gasteiger charge is 2.19. The first-order valence-corrected chi connectivity index (χ1v) is 13.7. The zero-order valence-electron chi connectivity index (χ0n) is 20.4. The minimum Gasteiger partial charge on any atom is -0.478 e. The number of aromatic carboxylic acids is 1. The van der Waals surface area contributed by atoms with Gasteiger partial charge in [-0.05, 0) is 54.6 Å². The van der Waals surface area contributed by atoms with Crippen molar-refractivity contribution in [2.75, 3.05) is 11.2 Å². The summed E-state index contributed by atoms with van der Waals surface area (Å²) in [6.07, 6.45) is 0. The van der Waals surface area contributed by atoms with Crippen LogP contribution in [0.1, 0.15) is 10.4 Å². The number of benzene rings is 4. The van der Waals surface area contributed by atoms with Gasteiger partial charge in [0.2, 0.25) is 0 Å². The van der Waals surface area contributed by atoms with Crippen molar-refractivity contribution in [3.05, 3.63) is 109 Å². The molecule has 192 valence electrons. The minimum atomic E-state index is -3.50. The number of hydrogen-bond donors (Lipinski definition) is 2. The van der Waals surface area contributed by atoms with Gasteiger partial charge < -0.3 is 10.4 Å². The van der Waals surface area contributed by atoms with Gasteiger partial charge in [-0.2, -0.15) is 4.80 Å². The number of sulfone groups is 1. The fourth-order valence-electron chi connectivity index (χ4n) is 4.34. The van der Waals surface area contributed by atoms with Gasteiger partial charge in [-0.15, -0.1) is 10.2 Å². The van der Waals surface area contributed by atoms with Gasteiger partial charge >= 0.3 is 5.97 Å². The van der Waals surface area contributed by atoms with Crippen molar-refractivity contribution >= 4 is 43.4 Å². The van der Waals surface area contributed by atoms with Gasteiger partial charge in [-0.1, -0.05) is 48.5 Å². The predicted molar refractivity (Wildman–Crippen MR) is 149 cm³/mol. The number of nitrogens with one attached hydrogen (secondary N) is 1. The zero-order valence-corrected chi connectivity index (χ0v) is 21.2. The smallest absolute Gasteiger partial charge is 0.336 e. The van der Waals surface area contributed by atoms with Crippen molar-refractivity contribution in [2.45, 2.75) is 4.90 Å². The first-order chi connectivity index (χ1) is 18.9. The largest absolute Gasteiger partial charge is 0.478 e. The number of carboxylic acid groups (broad SMARTS) is 1. The highest BCUT2D eigenvalue weighted by Crippen LogP contribution is 2.30. The molecule has 2 aromatic heterocycles. The highest BCUT2D eigenvalue weighted by molar-refractivity contribution is 7.91. The van der Waals surface area contributed by atoms with Crippen LogP contribution in [0.2, 0.25) is 0 Å². The van der Waals surface area contributed by atoms with Gasteiger partial charge in [0.25, 0.3) is 0 Å². The number of aromatic nitrogens is 4. The molecule has 2 heterocycles. The Morgan fingerprint density at radius 1 is 0.821 bits per heavy atom. The summed E-state index contributed by atoms with van der Waals surface area (Å²) in [6, 6.07) is 29.6. The van der Waals surface area contributed by atoms with Crippen LogP contribution in [0.25, 0.3) is 38.9 Å². The van der Waals surface area contributed by atoms with Crippen molar-refractivity contribution in [3.63, 3.8) is 0 Å². The van der Waals surface area contributed by atoms with Crippen molar-refractivity contribution < 1.29 is 18.3 Å². The van der Waals surface area contributed by atoms with Crippen LogP contribution in [0.3, 0.4) is 0 Å². The summed E-state index contributed by atoms with van der Waals surface area (Å²) in [4.78, 5) is 18.8. The highest BCUT2D eigenvalue weighted by atomic mass is 32.2. The molecule has 0 aliphatic rings. The summed E-state index contributed by atoms with van der Waals surface area (Å²) >= 11 is 0. The van der Waals surface area contributed by atoms with Gasteiger partial charge in [-0.3, -0.25) is 0 Å². The minimum absolute atomic E-state index is 0.0665. The van der Waals surface area contributed by atoms with E-state index in [1.807, 2.05) is 30.3 Å². The van der Waals surface area contributed by atoms with E-state index in [0.717, 1.165) is 5.69 Å². The van der Waals surface area contributed by atoms with E-state index in [4.69, 9.17) is 4.98 Å². The lowest BCUT2D eigenvalue weighted by molar-refractivity contribution is 0.0699. The van der Waals surface area contributed by atoms with Crippen molar-refractivity contribution in [2.24, 2.45) is 0 Å². The second-order valence-electron chi connectivity index (χ2n) is 8.84. The number of nitrogens with zero attached hydrogens (tertiary/aromatic N) is 4. The first-order valence-electron chi connectivity index (χ1n) is 12.0. The number of fused-ring (bicyclic) bond motifs is 3. The maximum absolute atomic E-state index is 12.6. The SMILES string of the molecule is O=C(O)c1cc(-c2ccc(NCS(=O)(=O)c3ccccc3)cc2)nc2ccc3nn(-c4ccccc4)nc3c12. The number of rotatable bonds is 7. The molecule has 0 aliphatic heterocycles. The van der Waals surface area contributed by atoms with Gasteiger partial charge in [0, 0.05) is 16.6 Å². The molecule has 0 atom stereocenters. The third-order valence-corrected chi connectivity index (χ3v) is 7.80. The monoisotopic (exact) mass is 535 g/mol. The second kappa shape index (κ2) is 9.66. The van der Waals surface area contributed by atoms with Crippen LogP contribution in [0, 0.1) is 0 Å². The van der Waals surface area contributed by atoms with E-state index in [2.05, 4.69) is 15.5 Å². The van der Waals surface area contributed by atoms with E-state index in [1.165, 1.54) is 10.9 Å². The van der Waals surface area contributed by atoms with E-state index < -0.39 is 15.8 Å². The van der Waals surface area contributed by atoms with Crippen LogP contribution < -0.4 is 5.32 Å². The lowest BCUT2D eigenvalue weighted by Gasteiger charge is -2.10. The molecule has 6 aromatic rings. The van der Waals surface area contributed by atoms with Gasteiger partial charge in [0.15, 0.2) is 9.84 Å². The van der Waals surface area contributed by atoms with Crippen LogP contribution >= 0.6 is 0 Å². The molecular weight excluding hydrogens is 514 g/mol. The lowest BCUT2D eigenvalue weighted by atomic mass is 10.0. The molecule has 0 bridgehead atoms. The van der Waals surface area contributed by atoms with E-state index in [0.29, 0.717) is 38.9 Å². The molecule has 10 heteroatoms. The number of anilines is 1. The van der Waals surface area contributed by atoms with E-state index in [-0.39, 0.29) is 16.3 Å². The molecule has 0 aliphatic carbocycles. The fourth-order valence-corrected chi connectivity index (χ4v) is 5.44. The van der Waals surface area contributed by atoms with Gasteiger partial charge in [0.05, 0.1) is 27.4 Å². The fraction of sp³-hybridized carbons (Fsp3) is 0.0345. The standard InChI is InChI=1S/C29H21N5O4S/c35-29(36)23-17-26(19-11-13-20(14-12-19)30-18-39(37,38)22-9-5-2-6-10-22)31-24-15-16-25-28(27(23)24)33-34(32-25)21-7-3-1-4-8-21/h1-17,30H,18H2,(H,35,36). The van der Waals surface area contributed by atoms with Gasteiger partial charge in [-0.25, -0.2) is 18.2 Å². The molecule has 0 saturated heterocycles. The summed E-state index contributed by atoms with van der Waals surface area (Å²) in [5, 5.41) is 22.5. The summed E-state index contributed by atoms with van der Waals surface area (Å²) < 4.78 is 25.1. The Kier molecular flexibility index (Phi) is 6.01. The number of carboxylic acids is 1. The third-order valence-electron chi connectivity index (χ3n) is 6.29. The Morgan fingerprint density at radius 3 is 2.18 bits per heavy atom. The number of carbonyl (C=O) groups is 1. The van der Waals surface area contributed by atoms with Crippen molar-refractivity contribution in [1.29, 1.82) is 0 Å². The molecule has 0 radical (unpaired) electrons. The Bertz CT molecular complexity index is 1940. The van der Waals surface area contributed by atoms with Crippen molar-refractivity contribution in [3.8, 4) is 16.9 Å². The van der Waals surface area contributed by atoms with Crippen molar-refractivity contribution in [1.82, 2.24) is 20.0 Å². The molecular formula is C29H21N5O4S. The van der Waals surface area contributed by atoms with E-state index in [1.54, 1.807) is 66.7 Å². The maximum Gasteiger partial charge on any atom is 0.336 e. The number of para-hydroxylation sites is 1. The van der Waals surface area contributed by atoms with E-state index in [9.17, 15) is 18.3 Å². The summed E-state index contributed by atoms with van der Waals surface area (Å²) in [5.74, 6) is -1.36. The average Bonchev–Trinajstić information content (AvgIpc) is 3.41. The summed E-state index contributed by atoms with van der Waals surface area (Å²) in [5.41, 5.74) is 4.08. The zero-order chi connectivity index (χ0) is 27.0. The van der Waals surface area contributed by atoms with Crippen LogP contribution in [-0.2, 0) is 9.84 Å². The first kappa shape index (κ1) is 24.3. The number of hydrogen-bond acceptors (Lipinski definition) is 7. The average molecular weight is 536 g/mol. The van der Waals surface area contributed by atoms with E-state index >= 15 is 0 Å². The Balaban J connectivity index is 1.33. The predicted octanol–water partition coefficient (Wildman–Crippen LogP) is 5.18. The molecule has 39 heavy (non-hydrogen) atoms. The van der Waals surface area contributed by atoms with Crippen LogP contribution in [0.5, 0.6) is 0 Å². The Hall–Kier alpha value is -5.09. The van der Waals surface area contributed by atoms with Crippen LogP contribution in [0.4, 0.5) is 5.69 Å². The molecule has 0 saturated carbocycles. The molecule has 2 N–H and O–H groups in total.